The van der Waals surface area contributed by atoms with E-state index in [1.807, 2.05) is 0 Å². The first-order chi connectivity index (χ1) is 19.6. The molecular weight excluding hydrogens is 660 g/mol. The van der Waals surface area contributed by atoms with E-state index < -0.39 is 111 Å². The molecule has 10 N–H and O–H groups in total. The van der Waals surface area contributed by atoms with Crippen LogP contribution in [0.25, 0.3) is 0 Å². The van der Waals surface area contributed by atoms with Crippen LogP contribution < -0.4 is 17.0 Å². The molecule has 0 bridgehead atoms. The van der Waals surface area contributed by atoms with Crippen LogP contribution in [-0.2, 0) is 51.1 Å². The van der Waals surface area contributed by atoms with Gasteiger partial charge in [-0.1, -0.05) is 0 Å². The van der Waals surface area contributed by atoms with Crippen LogP contribution in [0.3, 0.4) is 0 Å². The number of aliphatic hydroxyl groups is 4. The smallest absolute Gasteiger partial charge is 0.394 e. The van der Waals surface area contributed by atoms with Gasteiger partial charge in [-0.05, 0) is 0 Å². The summed E-state index contributed by atoms with van der Waals surface area (Å²) in [5, 5.41) is 40.3. The van der Waals surface area contributed by atoms with Gasteiger partial charge in [-0.25, -0.2) is 22.3 Å². The number of aliphatic hydroxyl groups excluding tert-OH is 4. The van der Waals surface area contributed by atoms with E-state index in [0.29, 0.717) is 4.57 Å². The maximum absolute atomic E-state index is 12.8. The molecule has 1 saturated heterocycles. The van der Waals surface area contributed by atoms with Crippen molar-refractivity contribution >= 4 is 37.6 Å². The van der Waals surface area contributed by atoms with Crippen LogP contribution in [-0.4, -0.2) is 121 Å². The van der Waals surface area contributed by atoms with Crippen LogP contribution >= 0.6 is 15.6 Å². The van der Waals surface area contributed by atoms with Gasteiger partial charge in [-0.2, -0.15) is 12.7 Å². The molecule has 1 aliphatic heterocycles. The zero-order valence-electron chi connectivity index (χ0n) is 21.5. The standard InChI is InChI=1S/C17H27N3O20P2S/c1-6(22)11(25)10(18)12(26)14(7(23)4-21)38-43(34,35)39-15-8(5-36-42(32,33)40-41(29,30)31)37-16(13(15)27)20-3-2-9(24)19-17(20)28/h2-3,7-8,10,12-16,21,23,26-27H,4-5,18H2,1H3,(H,32,33)(H,19,24,28)(H2,29,30,31). The molecule has 246 valence electrons. The lowest BCUT2D eigenvalue weighted by atomic mass is 9.97. The second-order valence-corrected chi connectivity index (χ2v) is 12.7. The summed E-state index contributed by atoms with van der Waals surface area (Å²) in [6.07, 6.45) is -15.0. The van der Waals surface area contributed by atoms with Gasteiger partial charge in [0.05, 0.1) is 13.2 Å². The summed E-state index contributed by atoms with van der Waals surface area (Å²) in [6, 6.07) is -1.40. The largest absolute Gasteiger partial charge is 0.481 e. The molecule has 9 unspecified atom stereocenters. The first-order valence-electron chi connectivity index (χ1n) is 11.4. The number of carbonyl (C=O) groups is 2. The van der Waals surface area contributed by atoms with E-state index in [1.54, 1.807) is 4.98 Å². The number of rotatable bonds is 16. The summed E-state index contributed by atoms with van der Waals surface area (Å²) in [4.78, 5) is 75.6. The number of nitrogens with zero attached hydrogens (tertiary/aromatic N) is 1. The summed E-state index contributed by atoms with van der Waals surface area (Å²) >= 11 is 0. The van der Waals surface area contributed by atoms with Gasteiger partial charge in [0.2, 0.25) is 5.78 Å². The van der Waals surface area contributed by atoms with Gasteiger partial charge in [0.1, 0.15) is 42.7 Å². The van der Waals surface area contributed by atoms with E-state index in [1.165, 1.54) is 0 Å². The van der Waals surface area contributed by atoms with Gasteiger partial charge in [-0.15, -0.1) is 0 Å². The molecule has 0 aliphatic carbocycles. The number of nitrogens with two attached hydrogens (primary N) is 1. The third-order valence-electron chi connectivity index (χ3n) is 5.42. The molecule has 43 heavy (non-hydrogen) atoms. The fraction of sp³-hybridized carbons (Fsp3) is 0.647. The predicted octanol–water partition coefficient (Wildman–Crippen LogP) is -5.76. The number of H-pyrrole nitrogens is 1. The number of hydrogen-bond donors (Lipinski definition) is 9. The molecule has 0 aromatic carbocycles. The van der Waals surface area contributed by atoms with Gasteiger partial charge in [-0.3, -0.25) is 28.5 Å². The molecule has 1 aromatic heterocycles. The van der Waals surface area contributed by atoms with Gasteiger partial charge in [0, 0.05) is 19.2 Å². The number of carbonyl (C=O) groups excluding carboxylic acids is 2. The van der Waals surface area contributed by atoms with E-state index in [0.717, 1.165) is 19.2 Å². The van der Waals surface area contributed by atoms with Crippen LogP contribution in [0, 0.1) is 0 Å². The Morgan fingerprint density at radius 2 is 1.81 bits per heavy atom. The fourth-order valence-electron chi connectivity index (χ4n) is 3.50. The van der Waals surface area contributed by atoms with Crippen molar-refractivity contribution in [1.82, 2.24) is 9.55 Å². The molecule has 9 atom stereocenters. The Hall–Kier alpha value is -2.09. The lowest BCUT2D eigenvalue weighted by Gasteiger charge is -2.29. The molecule has 23 nitrogen and oxygen atoms in total. The first kappa shape index (κ1) is 37.1. The highest BCUT2D eigenvalue weighted by Gasteiger charge is 2.50. The monoisotopic (exact) mass is 687 g/mol. The summed E-state index contributed by atoms with van der Waals surface area (Å²) in [5.41, 5.74) is 3.32. The number of aromatic amines is 1. The van der Waals surface area contributed by atoms with Crippen molar-refractivity contribution in [2.75, 3.05) is 13.2 Å². The van der Waals surface area contributed by atoms with Crippen molar-refractivity contribution in [1.29, 1.82) is 0 Å². The average Bonchev–Trinajstić information content (AvgIpc) is 3.17. The quantitative estimate of drug-likeness (QED) is 0.0577. The summed E-state index contributed by atoms with van der Waals surface area (Å²) < 4.78 is 71.4. The predicted molar refractivity (Wildman–Crippen MR) is 132 cm³/mol. The maximum atomic E-state index is 12.8. The highest BCUT2D eigenvalue weighted by atomic mass is 32.3. The molecule has 2 heterocycles. The minimum Gasteiger partial charge on any atom is -0.394 e. The molecule has 1 fully saturated rings. The van der Waals surface area contributed by atoms with Crippen molar-refractivity contribution in [3.8, 4) is 0 Å². The van der Waals surface area contributed by atoms with Crippen LogP contribution in [0.4, 0.5) is 0 Å². The second kappa shape index (κ2) is 14.3. The number of phosphoric ester groups is 1. The van der Waals surface area contributed by atoms with Gasteiger partial charge >= 0.3 is 31.7 Å². The van der Waals surface area contributed by atoms with Crippen LogP contribution in [0.5, 0.6) is 0 Å². The van der Waals surface area contributed by atoms with Crippen molar-refractivity contribution in [3.05, 3.63) is 33.1 Å². The summed E-state index contributed by atoms with van der Waals surface area (Å²) in [5.74, 6) is -2.61. The molecule has 1 aliphatic rings. The second-order valence-electron chi connectivity index (χ2n) is 8.63. The fourth-order valence-corrected chi connectivity index (χ4v) is 6.17. The maximum Gasteiger partial charge on any atom is 0.481 e. The highest BCUT2D eigenvalue weighted by molar-refractivity contribution is 7.81. The zero-order chi connectivity index (χ0) is 33.1. The van der Waals surface area contributed by atoms with E-state index in [9.17, 15) is 62.0 Å². The number of nitrogens with one attached hydrogen (secondary N) is 1. The molecular formula is C17H27N3O20P2S. The lowest BCUT2D eigenvalue weighted by Crippen LogP contribution is -2.55. The summed E-state index contributed by atoms with van der Waals surface area (Å²) in [6.45, 7) is -1.88. The Morgan fingerprint density at radius 1 is 1.21 bits per heavy atom. The third kappa shape index (κ3) is 10.2. The SMILES string of the molecule is CC(=O)C(=O)C(N)C(O)C(OS(=O)(=O)OC1C(COP(=O)(O)OP(=O)(O)O)OC(n2ccc(=O)[nH]c2=O)C1O)C(O)CO. The van der Waals surface area contributed by atoms with Crippen molar-refractivity contribution in [2.45, 2.75) is 55.8 Å². The van der Waals surface area contributed by atoms with Crippen molar-refractivity contribution in [2.24, 2.45) is 5.73 Å². The lowest BCUT2D eigenvalue weighted by molar-refractivity contribution is -0.140. The minimum absolute atomic E-state index is 0.509. The Bertz CT molecular complexity index is 1490. The molecule has 0 saturated carbocycles. The van der Waals surface area contributed by atoms with Crippen molar-refractivity contribution in [3.63, 3.8) is 0 Å². The zero-order valence-corrected chi connectivity index (χ0v) is 24.1. The van der Waals surface area contributed by atoms with E-state index in [4.69, 9.17) is 24.4 Å². The molecule has 0 radical (unpaired) electrons. The van der Waals surface area contributed by atoms with E-state index in [-0.39, 0.29) is 0 Å². The number of aromatic nitrogens is 2. The number of ketones is 2. The van der Waals surface area contributed by atoms with E-state index in [2.05, 4.69) is 13.0 Å². The number of Topliss-reactive ketones (excluding diaryl/α,β-unsaturated/α-hetero) is 2. The van der Waals surface area contributed by atoms with E-state index >= 15 is 0 Å². The normalized spacial score (nSPS) is 25.4. The number of hydrogen-bond acceptors (Lipinski definition) is 18. The first-order valence-corrected chi connectivity index (χ1v) is 15.7. The minimum atomic E-state index is -5.63. The van der Waals surface area contributed by atoms with Crippen LogP contribution in [0.1, 0.15) is 13.2 Å². The van der Waals surface area contributed by atoms with Gasteiger partial charge < -0.3 is 45.6 Å². The topological polar surface area (TPSA) is 371 Å². The molecule has 26 heteroatoms. The van der Waals surface area contributed by atoms with Crippen LogP contribution in [0.15, 0.2) is 21.9 Å². The Balaban J connectivity index is 2.42. The Labute approximate surface area is 239 Å². The number of phosphoric acid groups is 2. The summed E-state index contributed by atoms with van der Waals surface area (Å²) in [7, 11) is -16.8. The molecule has 1 aromatic rings. The Kier molecular flexibility index (Phi) is 12.4. The molecule has 2 rings (SSSR count). The Morgan fingerprint density at radius 3 is 2.33 bits per heavy atom. The molecule has 0 amide bonds. The molecule has 0 spiro atoms. The van der Waals surface area contributed by atoms with Crippen molar-refractivity contribution < 1.29 is 84.2 Å². The van der Waals surface area contributed by atoms with Crippen LogP contribution in [0.2, 0.25) is 0 Å². The average molecular weight is 687 g/mol. The van der Waals surface area contributed by atoms with Gasteiger partial charge in [0.15, 0.2) is 12.0 Å². The van der Waals surface area contributed by atoms with Gasteiger partial charge in [0.25, 0.3) is 5.56 Å². The number of ether oxygens (including phenoxy) is 1. The third-order valence-corrected chi connectivity index (χ3v) is 8.49. The highest BCUT2D eigenvalue weighted by Crippen LogP contribution is 2.57.